The topological polar surface area (TPSA) is 64.9 Å². The number of benzene rings is 1. The molecule has 20 heavy (non-hydrogen) atoms. The summed E-state index contributed by atoms with van der Waals surface area (Å²) in [6.45, 7) is 4.80. The van der Waals surface area contributed by atoms with Crippen molar-refractivity contribution in [2.75, 3.05) is 6.54 Å². The second kappa shape index (κ2) is 5.02. The maximum atomic E-state index is 5.82. The lowest BCUT2D eigenvalue weighted by Gasteiger charge is -2.13. The Morgan fingerprint density at radius 1 is 1.25 bits per heavy atom. The Morgan fingerprint density at radius 2 is 1.95 bits per heavy atom. The number of hydrogen-bond acceptors (Lipinski definition) is 4. The first-order chi connectivity index (χ1) is 9.67. The molecule has 1 aliphatic carbocycles. The quantitative estimate of drug-likeness (QED) is 0.908. The molecule has 4 nitrogen and oxygen atoms in total. The van der Waals surface area contributed by atoms with Crippen molar-refractivity contribution in [2.24, 2.45) is 11.7 Å². The van der Waals surface area contributed by atoms with Crippen LogP contribution in [0.25, 0.3) is 0 Å². The maximum Gasteiger partial charge on any atom is 0.231 e. The fourth-order valence-electron chi connectivity index (χ4n) is 2.76. The molecule has 106 valence electrons. The van der Waals surface area contributed by atoms with E-state index in [4.69, 9.17) is 10.3 Å². The third-order valence-electron chi connectivity index (χ3n) is 4.32. The van der Waals surface area contributed by atoms with Crippen molar-refractivity contribution in [2.45, 2.75) is 38.0 Å². The van der Waals surface area contributed by atoms with Gasteiger partial charge in [0.25, 0.3) is 0 Å². The van der Waals surface area contributed by atoms with Crippen LogP contribution in [0.3, 0.4) is 0 Å². The molecule has 0 saturated heterocycles. The smallest absolute Gasteiger partial charge is 0.231 e. The summed E-state index contributed by atoms with van der Waals surface area (Å²) in [5.74, 6) is 2.04. The average Bonchev–Trinajstić information content (AvgIpc) is 3.13. The van der Waals surface area contributed by atoms with Crippen LogP contribution in [0.2, 0.25) is 0 Å². The normalized spacial score (nSPS) is 18.2. The molecule has 4 heteroatoms. The molecule has 1 aromatic carbocycles. The summed E-state index contributed by atoms with van der Waals surface area (Å²) in [5.41, 5.74) is 7.07. The Hall–Kier alpha value is -1.68. The minimum absolute atomic E-state index is 0.0286. The van der Waals surface area contributed by atoms with Gasteiger partial charge in [0.1, 0.15) is 0 Å². The van der Waals surface area contributed by atoms with Crippen LogP contribution in [-0.4, -0.2) is 16.7 Å². The monoisotopic (exact) mass is 271 g/mol. The number of nitrogens with zero attached hydrogens (tertiary/aromatic N) is 2. The van der Waals surface area contributed by atoms with Gasteiger partial charge in [0.2, 0.25) is 5.89 Å². The van der Waals surface area contributed by atoms with Crippen LogP contribution in [0.4, 0.5) is 0 Å². The predicted molar refractivity (Wildman–Crippen MR) is 77.4 cm³/mol. The molecule has 0 amide bonds. The number of aromatic nitrogens is 2. The van der Waals surface area contributed by atoms with Gasteiger partial charge in [-0.15, -0.1) is 0 Å². The Balaban J connectivity index is 1.91. The Bertz CT molecular complexity index is 572. The number of hydrogen-bond donors (Lipinski definition) is 1. The van der Waals surface area contributed by atoms with Crippen molar-refractivity contribution < 1.29 is 4.52 Å². The maximum absolute atomic E-state index is 5.82. The summed E-state index contributed by atoms with van der Waals surface area (Å²) in [5, 5.41) is 4.24. The zero-order valence-corrected chi connectivity index (χ0v) is 12.0. The molecular weight excluding hydrogens is 250 g/mol. The highest BCUT2D eigenvalue weighted by atomic mass is 16.5. The highest BCUT2D eigenvalue weighted by molar-refractivity contribution is 5.38. The van der Waals surface area contributed by atoms with Gasteiger partial charge < -0.3 is 10.3 Å². The third kappa shape index (κ3) is 2.14. The zero-order valence-electron chi connectivity index (χ0n) is 12.0. The minimum Gasteiger partial charge on any atom is -0.339 e. The largest absolute Gasteiger partial charge is 0.339 e. The van der Waals surface area contributed by atoms with Gasteiger partial charge in [0.15, 0.2) is 5.82 Å². The third-order valence-corrected chi connectivity index (χ3v) is 4.32. The Kier molecular flexibility index (Phi) is 3.34. The molecule has 1 saturated carbocycles. The van der Waals surface area contributed by atoms with Gasteiger partial charge >= 0.3 is 0 Å². The van der Waals surface area contributed by atoms with Gasteiger partial charge in [0, 0.05) is 6.54 Å². The second-order valence-electron chi connectivity index (χ2n) is 5.99. The molecule has 0 aliphatic heterocycles. The van der Waals surface area contributed by atoms with E-state index in [2.05, 4.69) is 48.3 Å². The highest BCUT2D eigenvalue weighted by Crippen LogP contribution is 2.52. The van der Waals surface area contributed by atoms with Gasteiger partial charge in [-0.2, -0.15) is 4.98 Å². The standard InChI is InChI=1S/C16H21N3O/c1-11(2)13(10-17)14-18-15(19-20-14)16(8-9-16)12-6-4-3-5-7-12/h3-7,11,13H,8-10,17H2,1-2H3. The molecule has 2 aromatic rings. The van der Waals surface area contributed by atoms with Crippen molar-refractivity contribution in [3.8, 4) is 0 Å². The first-order valence-electron chi connectivity index (χ1n) is 7.27. The van der Waals surface area contributed by atoms with E-state index in [1.807, 2.05) is 6.07 Å². The molecule has 1 aliphatic rings. The van der Waals surface area contributed by atoms with E-state index in [1.54, 1.807) is 0 Å². The SMILES string of the molecule is CC(C)C(CN)c1nc(C2(c3ccccc3)CC2)no1. The van der Waals surface area contributed by atoms with Gasteiger partial charge in [-0.05, 0) is 24.3 Å². The fraction of sp³-hybridized carbons (Fsp3) is 0.500. The molecule has 1 unspecified atom stereocenters. The summed E-state index contributed by atoms with van der Waals surface area (Å²) in [6, 6.07) is 10.4. The lowest BCUT2D eigenvalue weighted by molar-refractivity contribution is 0.320. The van der Waals surface area contributed by atoms with Crippen LogP contribution in [0.1, 0.15) is 49.9 Å². The number of nitrogens with two attached hydrogens (primary N) is 1. The van der Waals surface area contributed by atoms with Crippen LogP contribution >= 0.6 is 0 Å². The molecule has 2 N–H and O–H groups in total. The fourth-order valence-corrected chi connectivity index (χ4v) is 2.76. The summed E-state index contributed by atoms with van der Waals surface area (Å²) >= 11 is 0. The molecule has 1 atom stereocenters. The van der Waals surface area contributed by atoms with Crippen LogP contribution in [0.5, 0.6) is 0 Å². The van der Waals surface area contributed by atoms with Crippen LogP contribution in [-0.2, 0) is 5.41 Å². The first-order valence-corrected chi connectivity index (χ1v) is 7.27. The molecule has 1 heterocycles. The molecular formula is C16H21N3O. The lowest BCUT2D eigenvalue weighted by atomic mass is 9.94. The van der Waals surface area contributed by atoms with Gasteiger partial charge in [-0.3, -0.25) is 0 Å². The molecule has 0 bridgehead atoms. The van der Waals surface area contributed by atoms with Gasteiger partial charge in [-0.25, -0.2) is 0 Å². The van der Waals surface area contributed by atoms with Crippen molar-refractivity contribution >= 4 is 0 Å². The first kappa shape index (κ1) is 13.3. The van der Waals surface area contributed by atoms with Crippen molar-refractivity contribution in [3.63, 3.8) is 0 Å². The van der Waals surface area contributed by atoms with Crippen molar-refractivity contribution in [3.05, 3.63) is 47.6 Å². The van der Waals surface area contributed by atoms with E-state index < -0.39 is 0 Å². The molecule has 0 spiro atoms. The van der Waals surface area contributed by atoms with Crippen molar-refractivity contribution in [1.82, 2.24) is 10.1 Å². The Morgan fingerprint density at radius 3 is 2.50 bits per heavy atom. The van der Waals surface area contributed by atoms with Gasteiger partial charge in [-0.1, -0.05) is 49.3 Å². The van der Waals surface area contributed by atoms with E-state index in [0.29, 0.717) is 18.4 Å². The number of rotatable bonds is 5. The molecule has 0 radical (unpaired) electrons. The Labute approximate surface area is 119 Å². The molecule has 3 rings (SSSR count). The zero-order chi connectivity index (χ0) is 14.2. The second-order valence-corrected chi connectivity index (χ2v) is 5.99. The summed E-state index contributed by atoms with van der Waals surface area (Å²) in [4.78, 5) is 4.66. The van der Waals surface area contributed by atoms with Gasteiger partial charge in [0.05, 0.1) is 11.3 Å². The van der Waals surface area contributed by atoms with E-state index in [1.165, 1.54) is 5.56 Å². The predicted octanol–water partition coefficient (Wildman–Crippen LogP) is 2.85. The average molecular weight is 271 g/mol. The van der Waals surface area contributed by atoms with Crippen LogP contribution < -0.4 is 5.73 Å². The van der Waals surface area contributed by atoms with E-state index in [0.717, 1.165) is 18.7 Å². The molecule has 1 aromatic heterocycles. The van der Waals surface area contributed by atoms with Crippen LogP contribution in [0, 0.1) is 5.92 Å². The summed E-state index contributed by atoms with van der Waals surface area (Å²) < 4.78 is 5.49. The van der Waals surface area contributed by atoms with E-state index in [9.17, 15) is 0 Å². The lowest BCUT2D eigenvalue weighted by Crippen LogP contribution is -2.18. The van der Waals surface area contributed by atoms with E-state index in [-0.39, 0.29) is 11.3 Å². The van der Waals surface area contributed by atoms with Crippen molar-refractivity contribution in [1.29, 1.82) is 0 Å². The molecule has 1 fully saturated rings. The summed E-state index contributed by atoms with van der Waals surface area (Å²) in [6.07, 6.45) is 2.18. The highest BCUT2D eigenvalue weighted by Gasteiger charge is 2.50. The summed E-state index contributed by atoms with van der Waals surface area (Å²) in [7, 11) is 0. The minimum atomic E-state index is -0.0286. The van der Waals surface area contributed by atoms with E-state index >= 15 is 0 Å². The van der Waals surface area contributed by atoms with Crippen LogP contribution in [0.15, 0.2) is 34.9 Å².